The summed E-state index contributed by atoms with van der Waals surface area (Å²) >= 11 is 0. The number of amides is 2. The number of aromatic nitrogens is 1. The standard InChI is InChI=1S/C11H11N3O4/c1-6-10(16)13-8(15)5-14(6)9-7(11(17)18)3-2-4-12-9/h2-4,6H,5H2,1H3,(H,17,18)(H,13,15,16). The van der Waals surface area contributed by atoms with Gasteiger partial charge in [0.1, 0.15) is 17.4 Å². The predicted octanol–water partition coefficient (Wildman–Crippen LogP) is -0.369. The molecule has 94 valence electrons. The number of carboxylic acid groups (broad SMARTS) is 1. The van der Waals surface area contributed by atoms with Crippen molar-refractivity contribution in [1.29, 1.82) is 0 Å². The van der Waals surface area contributed by atoms with E-state index in [9.17, 15) is 14.4 Å². The number of hydrogen-bond donors (Lipinski definition) is 2. The second kappa shape index (κ2) is 4.44. The number of hydrogen-bond acceptors (Lipinski definition) is 5. The summed E-state index contributed by atoms with van der Waals surface area (Å²) in [5.41, 5.74) is -0.0353. The minimum absolute atomic E-state index is 0.0353. The molecule has 1 aliphatic rings. The van der Waals surface area contributed by atoms with Gasteiger partial charge in [-0.25, -0.2) is 9.78 Å². The van der Waals surface area contributed by atoms with Crippen LogP contribution in [0.2, 0.25) is 0 Å². The maximum absolute atomic E-state index is 11.5. The van der Waals surface area contributed by atoms with Gasteiger partial charge in [0, 0.05) is 6.20 Å². The van der Waals surface area contributed by atoms with Crippen molar-refractivity contribution in [1.82, 2.24) is 10.3 Å². The molecule has 2 amide bonds. The van der Waals surface area contributed by atoms with Crippen molar-refractivity contribution in [3.05, 3.63) is 23.9 Å². The summed E-state index contributed by atoms with van der Waals surface area (Å²) < 4.78 is 0. The van der Waals surface area contributed by atoms with Crippen LogP contribution < -0.4 is 10.2 Å². The van der Waals surface area contributed by atoms with Crippen molar-refractivity contribution in [3.8, 4) is 0 Å². The monoisotopic (exact) mass is 249 g/mol. The highest BCUT2D eigenvalue weighted by atomic mass is 16.4. The van der Waals surface area contributed by atoms with Crippen molar-refractivity contribution >= 4 is 23.6 Å². The van der Waals surface area contributed by atoms with Crippen LogP contribution in [-0.2, 0) is 9.59 Å². The van der Waals surface area contributed by atoms with Crippen LogP contribution >= 0.6 is 0 Å². The molecule has 2 N–H and O–H groups in total. The Balaban J connectivity index is 2.44. The van der Waals surface area contributed by atoms with Gasteiger partial charge in [0.05, 0.1) is 6.54 Å². The van der Waals surface area contributed by atoms with E-state index in [1.54, 1.807) is 6.92 Å². The van der Waals surface area contributed by atoms with E-state index >= 15 is 0 Å². The maximum atomic E-state index is 11.5. The number of carbonyl (C=O) groups is 3. The third kappa shape index (κ3) is 2.02. The third-order valence-electron chi connectivity index (χ3n) is 2.71. The highest BCUT2D eigenvalue weighted by Crippen LogP contribution is 2.21. The van der Waals surface area contributed by atoms with Gasteiger partial charge >= 0.3 is 5.97 Å². The Kier molecular flexibility index (Phi) is 2.97. The largest absolute Gasteiger partial charge is 0.478 e. The van der Waals surface area contributed by atoms with Crippen LogP contribution in [0.3, 0.4) is 0 Å². The Labute approximate surface area is 102 Å². The van der Waals surface area contributed by atoms with E-state index in [1.807, 2.05) is 0 Å². The average Bonchev–Trinajstić information content (AvgIpc) is 2.33. The van der Waals surface area contributed by atoms with E-state index in [0.29, 0.717) is 0 Å². The van der Waals surface area contributed by atoms with Crippen molar-refractivity contribution < 1.29 is 19.5 Å². The zero-order valence-corrected chi connectivity index (χ0v) is 9.58. The molecule has 1 aromatic rings. The fraction of sp³-hybridized carbons (Fsp3) is 0.273. The highest BCUT2D eigenvalue weighted by Gasteiger charge is 2.33. The van der Waals surface area contributed by atoms with E-state index in [-0.39, 0.29) is 17.9 Å². The van der Waals surface area contributed by atoms with Gasteiger partial charge in [-0.15, -0.1) is 0 Å². The Morgan fingerprint density at radius 3 is 2.94 bits per heavy atom. The quantitative estimate of drug-likeness (QED) is 0.694. The number of imide groups is 1. The van der Waals surface area contributed by atoms with Crippen LogP contribution in [0.1, 0.15) is 17.3 Å². The van der Waals surface area contributed by atoms with Gasteiger partial charge in [0.15, 0.2) is 0 Å². The first-order chi connectivity index (χ1) is 8.50. The van der Waals surface area contributed by atoms with Gasteiger partial charge in [-0.05, 0) is 19.1 Å². The second-order valence-corrected chi connectivity index (χ2v) is 3.90. The summed E-state index contributed by atoms with van der Waals surface area (Å²) in [5, 5.41) is 11.2. The zero-order valence-electron chi connectivity index (χ0n) is 9.58. The van der Waals surface area contributed by atoms with Gasteiger partial charge in [0.25, 0.3) is 0 Å². The number of nitrogens with one attached hydrogen (secondary N) is 1. The number of pyridine rings is 1. The molecule has 1 aromatic heterocycles. The lowest BCUT2D eigenvalue weighted by Crippen LogP contribution is -2.57. The van der Waals surface area contributed by atoms with Crippen molar-refractivity contribution in [3.63, 3.8) is 0 Å². The molecule has 1 fully saturated rings. The SMILES string of the molecule is CC1C(=O)NC(=O)CN1c1ncccc1C(=O)O. The molecular weight excluding hydrogens is 238 g/mol. The Hall–Kier alpha value is -2.44. The Bertz CT molecular complexity index is 529. The van der Waals surface area contributed by atoms with E-state index in [1.165, 1.54) is 23.2 Å². The fourth-order valence-corrected chi connectivity index (χ4v) is 1.77. The average molecular weight is 249 g/mol. The molecule has 0 bridgehead atoms. The molecule has 0 aromatic carbocycles. The number of nitrogens with zero attached hydrogens (tertiary/aromatic N) is 2. The number of piperazine rings is 1. The normalized spacial score (nSPS) is 19.6. The summed E-state index contributed by atoms with van der Waals surface area (Å²) in [6, 6.07) is 2.23. The molecule has 0 saturated carbocycles. The van der Waals surface area contributed by atoms with Crippen LogP contribution in [0, 0.1) is 0 Å². The van der Waals surface area contributed by atoms with Crippen molar-refractivity contribution in [2.75, 3.05) is 11.4 Å². The van der Waals surface area contributed by atoms with Gasteiger partial charge in [-0.1, -0.05) is 0 Å². The molecule has 0 radical (unpaired) electrons. The van der Waals surface area contributed by atoms with E-state index in [4.69, 9.17) is 5.11 Å². The van der Waals surface area contributed by atoms with Crippen LogP contribution in [-0.4, -0.2) is 40.5 Å². The molecular formula is C11H11N3O4. The summed E-state index contributed by atoms with van der Waals surface area (Å²) in [6.07, 6.45) is 1.42. The molecule has 1 atom stereocenters. The molecule has 0 aliphatic carbocycles. The fourth-order valence-electron chi connectivity index (χ4n) is 1.77. The lowest BCUT2D eigenvalue weighted by atomic mass is 10.1. The number of rotatable bonds is 2. The molecule has 0 spiro atoms. The molecule has 18 heavy (non-hydrogen) atoms. The molecule has 1 saturated heterocycles. The third-order valence-corrected chi connectivity index (χ3v) is 2.71. The first-order valence-corrected chi connectivity index (χ1v) is 5.29. The molecule has 2 rings (SSSR count). The minimum Gasteiger partial charge on any atom is -0.478 e. The first kappa shape index (κ1) is 12.0. The molecule has 1 unspecified atom stereocenters. The smallest absolute Gasteiger partial charge is 0.339 e. The van der Waals surface area contributed by atoms with E-state index in [0.717, 1.165) is 0 Å². The molecule has 7 nitrogen and oxygen atoms in total. The van der Waals surface area contributed by atoms with Gasteiger partial charge in [0.2, 0.25) is 11.8 Å². The predicted molar refractivity (Wildman–Crippen MR) is 61.2 cm³/mol. The van der Waals surface area contributed by atoms with Crippen molar-refractivity contribution in [2.45, 2.75) is 13.0 Å². The summed E-state index contributed by atoms with van der Waals surface area (Å²) in [7, 11) is 0. The highest BCUT2D eigenvalue weighted by molar-refractivity contribution is 6.05. The number of carboxylic acids is 1. The van der Waals surface area contributed by atoms with Gasteiger partial charge < -0.3 is 10.0 Å². The van der Waals surface area contributed by atoms with E-state index in [2.05, 4.69) is 10.3 Å². The Morgan fingerprint density at radius 1 is 1.56 bits per heavy atom. The second-order valence-electron chi connectivity index (χ2n) is 3.90. The summed E-state index contributed by atoms with van der Waals surface area (Å²) in [6.45, 7) is 1.49. The minimum atomic E-state index is -1.15. The molecule has 7 heteroatoms. The zero-order chi connectivity index (χ0) is 13.3. The van der Waals surface area contributed by atoms with Gasteiger partial charge in [-0.2, -0.15) is 0 Å². The first-order valence-electron chi connectivity index (χ1n) is 5.29. The summed E-state index contributed by atoms with van der Waals surface area (Å²) in [5.74, 6) is -1.96. The van der Waals surface area contributed by atoms with Crippen LogP contribution in [0.4, 0.5) is 5.82 Å². The number of anilines is 1. The van der Waals surface area contributed by atoms with Crippen molar-refractivity contribution in [2.24, 2.45) is 0 Å². The topological polar surface area (TPSA) is 99.6 Å². The van der Waals surface area contributed by atoms with Crippen LogP contribution in [0.15, 0.2) is 18.3 Å². The number of aromatic carboxylic acids is 1. The summed E-state index contributed by atoms with van der Waals surface area (Å²) in [4.78, 5) is 39.3. The van der Waals surface area contributed by atoms with E-state index < -0.39 is 23.8 Å². The molecule has 1 aliphatic heterocycles. The Morgan fingerprint density at radius 2 is 2.28 bits per heavy atom. The van der Waals surface area contributed by atoms with Crippen LogP contribution in [0.5, 0.6) is 0 Å². The molecule has 2 heterocycles. The lowest BCUT2D eigenvalue weighted by molar-refractivity contribution is -0.132. The lowest BCUT2D eigenvalue weighted by Gasteiger charge is -2.33. The van der Waals surface area contributed by atoms with Gasteiger partial charge in [-0.3, -0.25) is 14.9 Å². The maximum Gasteiger partial charge on any atom is 0.339 e. The number of carbonyl (C=O) groups excluding carboxylic acids is 2. The van der Waals surface area contributed by atoms with Crippen LogP contribution in [0.25, 0.3) is 0 Å².